The first-order valence-corrected chi connectivity index (χ1v) is 6.41. The van der Waals surface area contributed by atoms with E-state index in [1.54, 1.807) is 19.1 Å². The van der Waals surface area contributed by atoms with E-state index in [0.717, 1.165) is 0 Å². The highest BCUT2D eigenvalue weighted by Gasteiger charge is 2.30. The molecular formula is C12H12FNO3S. The van der Waals surface area contributed by atoms with Gasteiger partial charge in [0, 0.05) is 4.90 Å². The predicted molar refractivity (Wildman–Crippen MR) is 65.9 cm³/mol. The molecule has 1 atom stereocenters. The standard InChI is InChI=1S/C12H12FNO3S/c1-2-17-10(15)6-9-12(16)14-11-7(13)4-3-5-8(11)18-9/h3-5,9H,2,6H2,1H3,(H,14,16). The monoisotopic (exact) mass is 269 g/mol. The summed E-state index contributed by atoms with van der Waals surface area (Å²) in [5.74, 6) is -1.27. The molecule has 1 aromatic carbocycles. The molecule has 18 heavy (non-hydrogen) atoms. The maximum atomic E-state index is 13.4. The Hall–Kier alpha value is -1.56. The number of thioether (sulfide) groups is 1. The van der Waals surface area contributed by atoms with E-state index in [1.807, 2.05) is 0 Å². The number of esters is 1. The molecular weight excluding hydrogens is 257 g/mol. The fourth-order valence-electron chi connectivity index (χ4n) is 1.64. The maximum absolute atomic E-state index is 13.4. The molecule has 1 aromatic rings. The maximum Gasteiger partial charge on any atom is 0.307 e. The van der Waals surface area contributed by atoms with E-state index < -0.39 is 17.0 Å². The number of carbonyl (C=O) groups excluding carboxylic acids is 2. The Morgan fingerprint density at radius 3 is 3.06 bits per heavy atom. The van der Waals surface area contributed by atoms with Crippen LogP contribution in [-0.4, -0.2) is 23.7 Å². The van der Waals surface area contributed by atoms with Gasteiger partial charge in [-0.2, -0.15) is 0 Å². The molecule has 1 heterocycles. The van der Waals surface area contributed by atoms with Crippen LogP contribution in [0.4, 0.5) is 10.1 Å². The van der Waals surface area contributed by atoms with Gasteiger partial charge in [0.25, 0.3) is 0 Å². The second-order valence-corrected chi connectivity index (χ2v) is 4.96. The number of amides is 1. The lowest BCUT2D eigenvalue weighted by Crippen LogP contribution is -2.31. The number of para-hydroxylation sites is 1. The van der Waals surface area contributed by atoms with Crippen molar-refractivity contribution in [1.29, 1.82) is 0 Å². The van der Waals surface area contributed by atoms with Crippen molar-refractivity contribution in [3.63, 3.8) is 0 Å². The van der Waals surface area contributed by atoms with Crippen LogP contribution in [0.1, 0.15) is 13.3 Å². The van der Waals surface area contributed by atoms with Crippen LogP contribution in [0.25, 0.3) is 0 Å². The molecule has 1 aliphatic heterocycles. The number of halogens is 1. The zero-order valence-electron chi connectivity index (χ0n) is 9.73. The molecule has 1 aliphatic rings. The Morgan fingerprint density at radius 2 is 2.33 bits per heavy atom. The molecule has 4 nitrogen and oxygen atoms in total. The van der Waals surface area contributed by atoms with Crippen molar-refractivity contribution in [2.45, 2.75) is 23.5 Å². The fourth-order valence-corrected chi connectivity index (χ4v) is 2.76. The van der Waals surface area contributed by atoms with Crippen LogP contribution in [0.5, 0.6) is 0 Å². The first-order chi connectivity index (χ1) is 8.61. The molecule has 1 N–H and O–H groups in total. The van der Waals surface area contributed by atoms with E-state index in [4.69, 9.17) is 4.74 Å². The first-order valence-electron chi connectivity index (χ1n) is 5.53. The number of anilines is 1. The summed E-state index contributed by atoms with van der Waals surface area (Å²) in [7, 11) is 0. The van der Waals surface area contributed by atoms with Crippen LogP contribution in [0.2, 0.25) is 0 Å². The third kappa shape index (κ3) is 2.64. The van der Waals surface area contributed by atoms with Crippen LogP contribution in [-0.2, 0) is 14.3 Å². The average molecular weight is 269 g/mol. The number of benzene rings is 1. The minimum Gasteiger partial charge on any atom is -0.466 e. The van der Waals surface area contributed by atoms with E-state index in [-0.39, 0.29) is 24.6 Å². The van der Waals surface area contributed by atoms with E-state index >= 15 is 0 Å². The van der Waals surface area contributed by atoms with E-state index in [0.29, 0.717) is 4.90 Å². The highest BCUT2D eigenvalue weighted by Crippen LogP contribution is 2.38. The smallest absolute Gasteiger partial charge is 0.307 e. The van der Waals surface area contributed by atoms with Crippen molar-refractivity contribution in [3.8, 4) is 0 Å². The zero-order valence-corrected chi connectivity index (χ0v) is 10.6. The van der Waals surface area contributed by atoms with Crippen molar-refractivity contribution in [3.05, 3.63) is 24.0 Å². The second-order valence-electron chi connectivity index (χ2n) is 3.72. The molecule has 6 heteroatoms. The summed E-state index contributed by atoms with van der Waals surface area (Å²) in [6.45, 7) is 1.99. The summed E-state index contributed by atoms with van der Waals surface area (Å²) in [6.07, 6.45) is -0.0136. The van der Waals surface area contributed by atoms with Gasteiger partial charge in [0.2, 0.25) is 5.91 Å². The Balaban J connectivity index is 2.13. The van der Waals surface area contributed by atoms with E-state index in [9.17, 15) is 14.0 Å². The number of nitrogens with one attached hydrogen (secondary N) is 1. The van der Waals surface area contributed by atoms with Crippen LogP contribution in [0, 0.1) is 5.82 Å². The van der Waals surface area contributed by atoms with Crippen molar-refractivity contribution < 1.29 is 18.7 Å². The van der Waals surface area contributed by atoms with Crippen LogP contribution in [0.3, 0.4) is 0 Å². The van der Waals surface area contributed by atoms with Crippen LogP contribution >= 0.6 is 11.8 Å². The lowest BCUT2D eigenvalue weighted by molar-refractivity contribution is -0.143. The fraction of sp³-hybridized carbons (Fsp3) is 0.333. The van der Waals surface area contributed by atoms with Gasteiger partial charge in [0.15, 0.2) is 0 Å². The molecule has 0 saturated carbocycles. The predicted octanol–water partition coefficient (Wildman–Crippen LogP) is 2.19. The number of hydrogen-bond donors (Lipinski definition) is 1. The molecule has 1 amide bonds. The molecule has 96 valence electrons. The van der Waals surface area contributed by atoms with Gasteiger partial charge in [0.1, 0.15) is 5.82 Å². The molecule has 0 bridgehead atoms. The number of carbonyl (C=O) groups is 2. The minimum absolute atomic E-state index is 0.0136. The summed E-state index contributed by atoms with van der Waals surface area (Å²) in [5, 5.41) is 1.91. The van der Waals surface area contributed by atoms with Crippen molar-refractivity contribution in [2.24, 2.45) is 0 Å². The van der Waals surface area contributed by atoms with E-state index in [2.05, 4.69) is 5.32 Å². The summed E-state index contributed by atoms with van der Waals surface area (Å²) in [6, 6.07) is 4.56. The summed E-state index contributed by atoms with van der Waals surface area (Å²) in [4.78, 5) is 23.7. The van der Waals surface area contributed by atoms with Gasteiger partial charge in [-0.1, -0.05) is 6.07 Å². The third-order valence-corrected chi connectivity index (χ3v) is 3.70. The van der Waals surface area contributed by atoms with Gasteiger partial charge in [-0.15, -0.1) is 11.8 Å². The SMILES string of the molecule is CCOC(=O)CC1Sc2cccc(F)c2NC1=O. The second kappa shape index (κ2) is 5.39. The van der Waals surface area contributed by atoms with Crippen molar-refractivity contribution >= 4 is 29.3 Å². The Morgan fingerprint density at radius 1 is 1.56 bits per heavy atom. The number of rotatable bonds is 3. The molecule has 2 rings (SSSR count). The van der Waals surface area contributed by atoms with Gasteiger partial charge in [-0.3, -0.25) is 9.59 Å². The highest BCUT2D eigenvalue weighted by molar-refractivity contribution is 8.01. The van der Waals surface area contributed by atoms with Crippen LogP contribution < -0.4 is 5.32 Å². The minimum atomic E-state index is -0.571. The highest BCUT2D eigenvalue weighted by atomic mass is 32.2. The van der Waals surface area contributed by atoms with Gasteiger partial charge in [-0.25, -0.2) is 4.39 Å². The molecule has 0 aromatic heterocycles. The van der Waals surface area contributed by atoms with Gasteiger partial charge in [-0.05, 0) is 19.1 Å². The Kier molecular flexibility index (Phi) is 3.86. The number of fused-ring (bicyclic) bond motifs is 1. The quantitative estimate of drug-likeness (QED) is 0.855. The molecule has 0 spiro atoms. The Bertz CT molecular complexity index is 492. The number of ether oxygens (including phenoxy) is 1. The van der Waals surface area contributed by atoms with Crippen molar-refractivity contribution in [1.82, 2.24) is 0 Å². The summed E-state index contributed by atoms with van der Waals surface area (Å²) >= 11 is 1.18. The topological polar surface area (TPSA) is 55.4 Å². The van der Waals surface area contributed by atoms with Gasteiger partial charge < -0.3 is 10.1 Å². The molecule has 0 fully saturated rings. The van der Waals surface area contributed by atoms with Crippen molar-refractivity contribution in [2.75, 3.05) is 11.9 Å². The molecule has 1 unspecified atom stereocenters. The average Bonchev–Trinajstić information content (AvgIpc) is 2.32. The van der Waals surface area contributed by atoms with E-state index in [1.165, 1.54) is 17.8 Å². The zero-order chi connectivity index (χ0) is 13.1. The first kappa shape index (κ1) is 12.9. The largest absolute Gasteiger partial charge is 0.466 e. The lowest BCUT2D eigenvalue weighted by Gasteiger charge is -2.23. The number of hydrogen-bond acceptors (Lipinski definition) is 4. The Labute approximate surface area is 108 Å². The molecule has 0 saturated heterocycles. The summed E-state index contributed by atoms with van der Waals surface area (Å²) in [5.41, 5.74) is 0.188. The molecule has 0 radical (unpaired) electrons. The summed E-state index contributed by atoms with van der Waals surface area (Å²) < 4.78 is 18.2. The van der Waals surface area contributed by atoms with Crippen LogP contribution in [0.15, 0.2) is 23.1 Å². The lowest BCUT2D eigenvalue weighted by atomic mass is 10.2. The normalized spacial score (nSPS) is 17.9. The van der Waals surface area contributed by atoms with Gasteiger partial charge >= 0.3 is 5.97 Å². The molecule has 0 aliphatic carbocycles. The van der Waals surface area contributed by atoms with Gasteiger partial charge in [0.05, 0.1) is 24.0 Å². The third-order valence-electron chi connectivity index (χ3n) is 2.44.